The first-order valence-corrected chi connectivity index (χ1v) is 6.13. The molecule has 1 N–H and O–H groups in total. The van der Waals surface area contributed by atoms with Gasteiger partial charge >= 0.3 is 0 Å². The van der Waals surface area contributed by atoms with Crippen LogP contribution in [0.4, 0.5) is 0 Å². The molecule has 0 bridgehead atoms. The van der Waals surface area contributed by atoms with E-state index >= 15 is 0 Å². The van der Waals surface area contributed by atoms with E-state index in [1.54, 1.807) is 0 Å². The van der Waals surface area contributed by atoms with Crippen LogP contribution in [0.1, 0.15) is 25.0 Å². The van der Waals surface area contributed by atoms with Gasteiger partial charge in [0.15, 0.2) is 0 Å². The molecule has 0 aliphatic carbocycles. The van der Waals surface area contributed by atoms with Gasteiger partial charge in [0, 0.05) is 18.4 Å². The number of piperidine rings is 1. The molecule has 2 aliphatic rings. The molecule has 3 heterocycles. The van der Waals surface area contributed by atoms with E-state index in [1.165, 1.54) is 51.0 Å². The van der Waals surface area contributed by atoms with Crippen molar-refractivity contribution in [1.82, 2.24) is 14.9 Å². The normalized spacial score (nSPS) is 27.6. The molecule has 1 aromatic heterocycles. The topological polar surface area (TPSA) is 29.9 Å². The number of hydrogen-bond donors (Lipinski definition) is 1. The van der Waals surface area contributed by atoms with Crippen LogP contribution in [0, 0.1) is 11.8 Å². The van der Waals surface area contributed by atoms with Crippen molar-refractivity contribution in [2.75, 3.05) is 13.1 Å². The molecule has 3 nitrogen and oxygen atoms in total. The molecule has 1 fully saturated rings. The summed E-state index contributed by atoms with van der Waals surface area (Å²) in [6, 6.07) is 0. The summed E-state index contributed by atoms with van der Waals surface area (Å²) in [5, 5.41) is 3.45. The second kappa shape index (κ2) is 3.97. The molecular formula is C12H19N3. The standard InChI is InChI=1S/C12H19N3/c1-4-13-5-2-10(1)11-3-6-15-9-14-8-12(15)7-11/h8-11,13H,1-7H2. The molecule has 0 amide bonds. The summed E-state index contributed by atoms with van der Waals surface area (Å²) in [4.78, 5) is 4.23. The zero-order valence-corrected chi connectivity index (χ0v) is 9.15. The monoisotopic (exact) mass is 205 g/mol. The highest BCUT2D eigenvalue weighted by molar-refractivity contribution is 5.03. The molecule has 2 aliphatic heterocycles. The predicted octanol–water partition coefficient (Wildman–Crippen LogP) is 1.45. The van der Waals surface area contributed by atoms with Gasteiger partial charge < -0.3 is 9.88 Å². The lowest BCUT2D eigenvalue weighted by molar-refractivity contribution is 0.219. The van der Waals surface area contributed by atoms with Gasteiger partial charge in [-0.25, -0.2) is 4.98 Å². The average Bonchev–Trinajstić information content (AvgIpc) is 2.77. The van der Waals surface area contributed by atoms with Crippen molar-refractivity contribution in [2.24, 2.45) is 11.8 Å². The number of hydrogen-bond acceptors (Lipinski definition) is 2. The van der Waals surface area contributed by atoms with Crippen LogP contribution in [-0.4, -0.2) is 22.6 Å². The number of fused-ring (bicyclic) bond motifs is 1. The van der Waals surface area contributed by atoms with Gasteiger partial charge in [-0.05, 0) is 50.6 Å². The van der Waals surface area contributed by atoms with Crippen molar-refractivity contribution >= 4 is 0 Å². The van der Waals surface area contributed by atoms with E-state index in [4.69, 9.17) is 0 Å². The minimum absolute atomic E-state index is 0.913. The Hall–Kier alpha value is -0.830. The third kappa shape index (κ3) is 1.81. The SMILES string of the molecule is c1ncn2c1CC(C1CCNCC1)CC2. The van der Waals surface area contributed by atoms with E-state index in [0.717, 1.165) is 11.8 Å². The molecule has 1 unspecified atom stereocenters. The minimum Gasteiger partial charge on any atom is -0.335 e. The zero-order chi connectivity index (χ0) is 10.1. The number of imidazole rings is 1. The third-order valence-corrected chi connectivity index (χ3v) is 4.06. The first-order valence-electron chi connectivity index (χ1n) is 6.13. The summed E-state index contributed by atoms with van der Waals surface area (Å²) < 4.78 is 2.32. The van der Waals surface area contributed by atoms with Gasteiger partial charge in [0.1, 0.15) is 0 Å². The van der Waals surface area contributed by atoms with Gasteiger partial charge in [0.2, 0.25) is 0 Å². The van der Waals surface area contributed by atoms with Crippen LogP contribution in [0.3, 0.4) is 0 Å². The minimum atomic E-state index is 0.913. The quantitative estimate of drug-likeness (QED) is 0.752. The molecule has 0 spiro atoms. The molecule has 1 atom stereocenters. The summed E-state index contributed by atoms with van der Waals surface area (Å²) in [6.45, 7) is 3.63. The lowest BCUT2D eigenvalue weighted by Crippen LogP contribution is -2.34. The fourth-order valence-corrected chi connectivity index (χ4v) is 3.11. The summed E-state index contributed by atoms with van der Waals surface area (Å²) in [5.41, 5.74) is 1.45. The summed E-state index contributed by atoms with van der Waals surface area (Å²) in [5.74, 6) is 1.87. The van der Waals surface area contributed by atoms with Crippen molar-refractivity contribution in [3.05, 3.63) is 18.2 Å². The average molecular weight is 205 g/mol. The Kier molecular flexibility index (Phi) is 2.49. The number of aromatic nitrogens is 2. The molecule has 0 aromatic carbocycles. The van der Waals surface area contributed by atoms with Crippen LogP contribution < -0.4 is 5.32 Å². The Labute approximate surface area is 90.9 Å². The second-order valence-electron chi connectivity index (χ2n) is 4.92. The number of nitrogens with zero attached hydrogens (tertiary/aromatic N) is 2. The van der Waals surface area contributed by atoms with Crippen LogP contribution in [0.5, 0.6) is 0 Å². The van der Waals surface area contributed by atoms with Crippen molar-refractivity contribution in [3.63, 3.8) is 0 Å². The summed E-state index contributed by atoms with van der Waals surface area (Å²) in [7, 11) is 0. The van der Waals surface area contributed by atoms with Gasteiger partial charge in [-0.1, -0.05) is 0 Å². The van der Waals surface area contributed by atoms with Crippen LogP contribution in [0.25, 0.3) is 0 Å². The molecule has 1 aromatic rings. The number of rotatable bonds is 1. The Balaban J connectivity index is 1.69. The lowest BCUT2D eigenvalue weighted by atomic mass is 9.79. The van der Waals surface area contributed by atoms with Crippen LogP contribution in [-0.2, 0) is 13.0 Å². The van der Waals surface area contributed by atoms with Gasteiger partial charge in [0.25, 0.3) is 0 Å². The van der Waals surface area contributed by atoms with Crippen molar-refractivity contribution in [2.45, 2.75) is 32.2 Å². The molecule has 0 saturated carbocycles. The molecule has 3 rings (SSSR count). The fourth-order valence-electron chi connectivity index (χ4n) is 3.11. The second-order valence-corrected chi connectivity index (χ2v) is 4.92. The van der Waals surface area contributed by atoms with E-state index in [0.29, 0.717) is 0 Å². The van der Waals surface area contributed by atoms with E-state index in [1.807, 2.05) is 12.5 Å². The van der Waals surface area contributed by atoms with Gasteiger partial charge in [0.05, 0.1) is 6.33 Å². The summed E-state index contributed by atoms with van der Waals surface area (Å²) in [6.07, 6.45) is 9.39. The number of nitrogens with one attached hydrogen (secondary N) is 1. The Morgan fingerprint density at radius 1 is 1.20 bits per heavy atom. The highest BCUT2D eigenvalue weighted by atomic mass is 15.0. The Morgan fingerprint density at radius 3 is 2.93 bits per heavy atom. The highest BCUT2D eigenvalue weighted by Crippen LogP contribution is 2.31. The smallest absolute Gasteiger partial charge is 0.0948 e. The van der Waals surface area contributed by atoms with E-state index in [2.05, 4.69) is 14.9 Å². The maximum absolute atomic E-state index is 4.23. The molecule has 0 radical (unpaired) electrons. The maximum atomic E-state index is 4.23. The number of aryl methyl sites for hydroxylation is 1. The van der Waals surface area contributed by atoms with Gasteiger partial charge in [-0.2, -0.15) is 0 Å². The fraction of sp³-hybridized carbons (Fsp3) is 0.750. The van der Waals surface area contributed by atoms with Gasteiger partial charge in [-0.3, -0.25) is 0 Å². The van der Waals surface area contributed by atoms with Crippen LogP contribution >= 0.6 is 0 Å². The zero-order valence-electron chi connectivity index (χ0n) is 9.15. The molecule has 3 heteroatoms. The molecular weight excluding hydrogens is 186 g/mol. The largest absolute Gasteiger partial charge is 0.335 e. The van der Waals surface area contributed by atoms with Crippen LogP contribution in [0.2, 0.25) is 0 Å². The van der Waals surface area contributed by atoms with Crippen molar-refractivity contribution in [1.29, 1.82) is 0 Å². The van der Waals surface area contributed by atoms with Crippen molar-refractivity contribution < 1.29 is 0 Å². The van der Waals surface area contributed by atoms with Gasteiger partial charge in [-0.15, -0.1) is 0 Å². The van der Waals surface area contributed by atoms with E-state index < -0.39 is 0 Å². The maximum Gasteiger partial charge on any atom is 0.0948 e. The Bertz CT molecular complexity index is 325. The predicted molar refractivity (Wildman–Crippen MR) is 59.6 cm³/mol. The molecule has 82 valence electrons. The highest BCUT2D eigenvalue weighted by Gasteiger charge is 2.27. The third-order valence-electron chi connectivity index (χ3n) is 4.06. The van der Waals surface area contributed by atoms with E-state index in [9.17, 15) is 0 Å². The Morgan fingerprint density at radius 2 is 2.07 bits per heavy atom. The molecule has 15 heavy (non-hydrogen) atoms. The first-order chi connectivity index (χ1) is 7.43. The first kappa shape index (κ1) is 9.40. The van der Waals surface area contributed by atoms with E-state index in [-0.39, 0.29) is 0 Å². The molecule has 1 saturated heterocycles. The van der Waals surface area contributed by atoms with Crippen molar-refractivity contribution in [3.8, 4) is 0 Å². The van der Waals surface area contributed by atoms with Crippen LogP contribution in [0.15, 0.2) is 12.5 Å². The lowest BCUT2D eigenvalue weighted by Gasteiger charge is -2.33. The summed E-state index contributed by atoms with van der Waals surface area (Å²) >= 11 is 0.